The van der Waals surface area contributed by atoms with Crippen LogP contribution in [0.3, 0.4) is 0 Å². The second-order valence-corrected chi connectivity index (χ2v) is 5.38. The van der Waals surface area contributed by atoms with Gasteiger partial charge in [0.05, 0.1) is 6.42 Å². The molecule has 1 aliphatic rings. The number of carbonyl (C=O) groups excluding carboxylic acids is 1. The van der Waals surface area contributed by atoms with Crippen molar-refractivity contribution in [2.24, 2.45) is 0 Å². The Morgan fingerprint density at radius 1 is 1.05 bits per heavy atom. The van der Waals surface area contributed by atoms with Crippen molar-refractivity contribution in [1.29, 1.82) is 0 Å². The van der Waals surface area contributed by atoms with E-state index in [0.717, 1.165) is 11.3 Å². The van der Waals surface area contributed by atoms with Crippen LogP contribution in [-0.2, 0) is 11.2 Å². The van der Waals surface area contributed by atoms with E-state index in [2.05, 4.69) is 55.6 Å². The first-order chi connectivity index (χ1) is 9.13. The third-order valence-electron chi connectivity index (χ3n) is 3.62. The maximum absolute atomic E-state index is 11.4. The van der Waals surface area contributed by atoms with E-state index >= 15 is 0 Å². The molecule has 0 aromatic heterocycles. The predicted octanol–water partition coefficient (Wildman–Crippen LogP) is 3.97. The zero-order valence-corrected chi connectivity index (χ0v) is 11.2. The van der Waals surface area contributed by atoms with Crippen molar-refractivity contribution in [3.8, 4) is 11.1 Å². The Hall–Kier alpha value is -2.09. The minimum absolute atomic E-state index is 0.0862. The van der Waals surface area contributed by atoms with E-state index in [1.807, 2.05) is 6.07 Å². The van der Waals surface area contributed by atoms with E-state index in [1.165, 1.54) is 16.7 Å². The molecule has 0 bridgehead atoms. The summed E-state index contributed by atoms with van der Waals surface area (Å²) in [6, 6.07) is 14.8. The zero-order chi connectivity index (χ0) is 13.4. The van der Waals surface area contributed by atoms with Crippen molar-refractivity contribution in [3.05, 3.63) is 53.6 Å². The predicted molar refractivity (Wildman–Crippen MR) is 78.3 cm³/mol. The van der Waals surface area contributed by atoms with E-state index in [9.17, 15) is 4.79 Å². The van der Waals surface area contributed by atoms with Crippen LogP contribution in [0.5, 0.6) is 0 Å². The Labute approximate surface area is 113 Å². The molecule has 0 atom stereocenters. The van der Waals surface area contributed by atoms with Gasteiger partial charge in [-0.25, -0.2) is 0 Å². The Morgan fingerprint density at radius 3 is 2.63 bits per heavy atom. The lowest BCUT2D eigenvalue weighted by atomic mass is 9.96. The Kier molecular flexibility index (Phi) is 2.86. The number of rotatable bonds is 2. The van der Waals surface area contributed by atoms with Gasteiger partial charge in [0.25, 0.3) is 0 Å². The molecule has 0 aliphatic carbocycles. The summed E-state index contributed by atoms with van der Waals surface area (Å²) in [4.78, 5) is 11.4. The van der Waals surface area contributed by atoms with Gasteiger partial charge in [-0.15, -0.1) is 0 Å². The van der Waals surface area contributed by atoms with Crippen LogP contribution in [0.4, 0.5) is 5.69 Å². The van der Waals surface area contributed by atoms with Crippen molar-refractivity contribution in [1.82, 2.24) is 0 Å². The molecular formula is C17H17NO. The summed E-state index contributed by atoms with van der Waals surface area (Å²) in [7, 11) is 0. The first-order valence-corrected chi connectivity index (χ1v) is 6.66. The second-order valence-electron chi connectivity index (χ2n) is 5.38. The molecule has 0 radical (unpaired) electrons. The third-order valence-corrected chi connectivity index (χ3v) is 3.62. The van der Waals surface area contributed by atoms with Crippen LogP contribution in [0.25, 0.3) is 11.1 Å². The van der Waals surface area contributed by atoms with Crippen molar-refractivity contribution >= 4 is 11.6 Å². The summed E-state index contributed by atoms with van der Waals surface area (Å²) in [6.45, 7) is 4.40. The molecule has 19 heavy (non-hydrogen) atoms. The van der Waals surface area contributed by atoms with Crippen LogP contribution >= 0.6 is 0 Å². The number of hydrogen-bond acceptors (Lipinski definition) is 1. The highest BCUT2D eigenvalue weighted by molar-refractivity contribution is 5.99. The van der Waals surface area contributed by atoms with E-state index < -0.39 is 0 Å². The SMILES string of the molecule is CC(C)c1cccc(-c2ccc3c(c2)CC(=O)N3)c1. The fourth-order valence-electron chi connectivity index (χ4n) is 2.49. The molecular weight excluding hydrogens is 234 g/mol. The number of benzene rings is 2. The number of carbonyl (C=O) groups is 1. The van der Waals surface area contributed by atoms with Gasteiger partial charge in [-0.2, -0.15) is 0 Å². The van der Waals surface area contributed by atoms with E-state index in [1.54, 1.807) is 0 Å². The molecule has 0 unspecified atom stereocenters. The van der Waals surface area contributed by atoms with Crippen molar-refractivity contribution in [2.45, 2.75) is 26.2 Å². The minimum Gasteiger partial charge on any atom is -0.326 e. The first kappa shape index (κ1) is 12.0. The quantitative estimate of drug-likeness (QED) is 0.859. The van der Waals surface area contributed by atoms with Gasteiger partial charge in [0.15, 0.2) is 0 Å². The maximum atomic E-state index is 11.4. The normalized spacial score (nSPS) is 13.5. The molecule has 0 saturated heterocycles. The van der Waals surface area contributed by atoms with Crippen molar-refractivity contribution in [2.75, 3.05) is 5.32 Å². The second kappa shape index (κ2) is 4.54. The molecule has 1 N–H and O–H groups in total. The summed E-state index contributed by atoms with van der Waals surface area (Å²) in [6.07, 6.45) is 0.493. The lowest BCUT2D eigenvalue weighted by Crippen LogP contribution is -2.03. The lowest BCUT2D eigenvalue weighted by Gasteiger charge is -2.09. The van der Waals surface area contributed by atoms with Gasteiger partial charge in [0.2, 0.25) is 5.91 Å². The summed E-state index contributed by atoms with van der Waals surface area (Å²) in [5.41, 5.74) is 5.78. The van der Waals surface area contributed by atoms with Gasteiger partial charge in [0.1, 0.15) is 0 Å². The standard InChI is InChI=1S/C17H17NO/c1-11(2)12-4-3-5-13(8-12)14-6-7-16-15(9-14)10-17(19)18-16/h3-9,11H,10H2,1-2H3,(H,18,19). The molecule has 1 amide bonds. The molecule has 2 nitrogen and oxygen atoms in total. The highest BCUT2D eigenvalue weighted by Crippen LogP contribution is 2.30. The van der Waals surface area contributed by atoms with E-state index in [0.29, 0.717) is 12.3 Å². The molecule has 1 aliphatic heterocycles. The highest BCUT2D eigenvalue weighted by atomic mass is 16.1. The average Bonchev–Trinajstić information content (AvgIpc) is 2.77. The number of anilines is 1. The molecule has 2 aromatic rings. The van der Waals surface area contributed by atoms with Gasteiger partial charge in [-0.05, 0) is 40.3 Å². The Bertz CT molecular complexity index is 643. The molecule has 0 spiro atoms. The number of fused-ring (bicyclic) bond motifs is 1. The first-order valence-electron chi connectivity index (χ1n) is 6.66. The monoisotopic (exact) mass is 251 g/mol. The van der Waals surface area contributed by atoms with Crippen LogP contribution in [-0.4, -0.2) is 5.91 Å². The average molecular weight is 251 g/mol. The van der Waals surface area contributed by atoms with E-state index in [4.69, 9.17) is 0 Å². The molecule has 2 aromatic carbocycles. The van der Waals surface area contributed by atoms with E-state index in [-0.39, 0.29) is 5.91 Å². The van der Waals surface area contributed by atoms with Crippen LogP contribution in [0.1, 0.15) is 30.9 Å². The van der Waals surface area contributed by atoms with Gasteiger partial charge in [-0.1, -0.05) is 44.2 Å². The molecule has 2 heteroatoms. The fourth-order valence-corrected chi connectivity index (χ4v) is 2.49. The smallest absolute Gasteiger partial charge is 0.228 e. The van der Waals surface area contributed by atoms with Gasteiger partial charge in [-0.3, -0.25) is 4.79 Å². The van der Waals surface area contributed by atoms with Crippen LogP contribution in [0.2, 0.25) is 0 Å². The number of nitrogens with one attached hydrogen (secondary N) is 1. The molecule has 1 heterocycles. The summed E-state index contributed by atoms with van der Waals surface area (Å²) in [5, 5.41) is 2.87. The summed E-state index contributed by atoms with van der Waals surface area (Å²) < 4.78 is 0. The lowest BCUT2D eigenvalue weighted by molar-refractivity contribution is -0.115. The van der Waals surface area contributed by atoms with Gasteiger partial charge in [0, 0.05) is 5.69 Å². The fraction of sp³-hybridized carbons (Fsp3) is 0.235. The van der Waals surface area contributed by atoms with Crippen LogP contribution in [0.15, 0.2) is 42.5 Å². The molecule has 3 rings (SSSR count). The van der Waals surface area contributed by atoms with Crippen LogP contribution < -0.4 is 5.32 Å². The molecule has 96 valence electrons. The third kappa shape index (κ3) is 2.26. The summed E-state index contributed by atoms with van der Waals surface area (Å²) in [5.74, 6) is 0.612. The molecule has 0 saturated carbocycles. The topological polar surface area (TPSA) is 29.1 Å². The highest BCUT2D eigenvalue weighted by Gasteiger charge is 2.17. The zero-order valence-electron chi connectivity index (χ0n) is 11.2. The minimum atomic E-state index is 0.0862. The van der Waals surface area contributed by atoms with Crippen molar-refractivity contribution < 1.29 is 4.79 Å². The Morgan fingerprint density at radius 2 is 1.84 bits per heavy atom. The summed E-state index contributed by atoms with van der Waals surface area (Å²) >= 11 is 0. The number of amides is 1. The number of hydrogen-bond donors (Lipinski definition) is 1. The van der Waals surface area contributed by atoms with Crippen LogP contribution in [0, 0.1) is 0 Å². The largest absolute Gasteiger partial charge is 0.326 e. The van der Waals surface area contributed by atoms with Gasteiger partial charge < -0.3 is 5.32 Å². The maximum Gasteiger partial charge on any atom is 0.228 e. The van der Waals surface area contributed by atoms with Crippen molar-refractivity contribution in [3.63, 3.8) is 0 Å². The molecule has 0 fully saturated rings. The Balaban J connectivity index is 2.01. The van der Waals surface area contributed by atoms with Gasteiger partial charge >= 0.3 is 0 Å².